The van der Waals surface area contributed by atoms with Crippen LogP contribution in [0.1, 0.15) is 46.0 Å². The van der Waals surface area contributed by atoms with Gasteiger partial charge in [0.1, 0.15) is 11.9 Å². The Morgan fingerprint density at radius 2 is 1.54 bits per heavy atom. The number of carbonyl (C=O) groups is 2. The van der Waals surface area contributed by atoms with Gasteiger partial charge in [-0.25, -0.2) is 0 Å². The summed E-state index contributed by atoms with van der Waals surface area (Å²) >= 11 is 0. The predicted molar refractivity (Wildman–Crippen MR) is 107 cm³/mol. The van der Waals surface area contributed by atoms with Crippen LogP contribution in [0.3, 0.4) is 0 Å². The molecule has 1 saturated carbocycles. The SMILES string of the molecule is COC(=O)[C@H](C)[C@H]1OC2(CCCC2)O[C@@H](CC(=O)CP(=O)(OCC(F)(F)F)OCC(F)(F)F)[C@@H]1C. The Morgan fingerprint density at radius 1 is 1.03 bits per heavy atom. The van der Waals surface area contributed by atoms with Gasteiger partial charge >= 0.3 is 25.9 Å². The van der Waals surface area contributed by atoms with Gasteiger partial charge in [-0.1, -0.05) is 6.92 Å². The smallest absolute Gasteiger partial charge is 0.412 e. The van der Waals surface area contributed by atoms with Crippen LogP contribution in [0.25, 0.3) is 0 Å². The van der Waals surface area contributed by atoms with Crippen LogP contribution in [-0.4, -0.2) is 68.6 Å². The van der Waals surface area contributed by atoms with Gasteiger partial charge < -0.3 is 14.2 Å². The minimum absolute atomic E-state index is 0.469. The van der Waals surface area contributed by atoms with Gasteiger partial charge in [-0.05, 0) is 19.8 Å². The maximum Gasteiger partial charge on any atom is 0.412 e. The number of ether oxygens (including phenoxy) is 3. The van der Waals surface area contributed by atoms with E-state index in [0.29, 0.717) is 12.8 Å². The molecule has 0 aromatic carbocycles. The van der Waals surface area contributed by atoms with Crippen molar-refractivity contribution in [2.75, 3.05) is 26.5 Å². The third-order valence-corrected chi connectivity index (χ3v) is 7.69. The van der Waals surface area contributed by atoms with Crippen molar-refractivity contribution in [3.05, 3.63) is 0 Å². The number of esters is 1. The Bertz CT molecular complexity index is 773. The minimum atomic E-state index is -5.09. The van der Waals surface area contributed by atoms with E-state index in [0.717, 1.165) is 12.8 Å². The Morgan fingerprint density at radius 3 is 2.00 bits per heavy atom. The monoisotopic (exact) mass is 542 g/mol. The summed E-state index contributed by atoms with van der Waals surface area (Å²) in [6.45, 7) is -1.10. The van der Waals surface area contributed by atoms with E-state index in [2.05, 4.69) is 9.05 Å². The minimum Gasteiger partial charge on any atom is -0.469 e. The third-order valence-electron chi connectivity index (χ3n) is 5.90. The number of halogens is 6. The number of hydrogen-bond donors (Lipinski definition) is 0. The number of rotatable bonds is 10. The molecule has 0 amide bonds. The summed E-state index contributed by atoms with van der Waals surface area (Å²) < 4.78 is 113. The average molecular weight is 542 g/mol. The van der Waals surface area contributed by atoms with Crippen LogP contribution >= 0.6 is 7.60 Å². The number of hydrogen-bond acceptors (Lipinski definition) is 8. The maximum atomic E-state index is 12.7. The van der Waals surface area contributed by atoms with E-state index in [1.54, 1.807) is 13.8 Å². The molecule has 8 nitrogen and oxygen atoms in total. The number of carbonyl (C=O) groups excluding carboxylic acids is 2. The van der Waals surface area contributed by atoms with Gasteiger partial charge in [0.15, 0.2) is 19.0 Å². The van der Waals surface area contributed by atoms with Crippen LogP contribution in [0.4, 0.5) is 26.3 Å². The molecule has 4 atom stereocenters. The molecule has 0 aromatic rings. The molecule has 15 heteroatoms. The fraction of sp³-hybridized carbons (Fsp3) is 0.900. The molecule has 35 heavy (non-hydrogen) atoms. The van der Waals surface area contributed by atoms with Crippen molar-refractivity contribution in [3.63, 3.8) is 0 Å². The summed E-state index contributed by atoms with van der Waals surface area (Å²) in [5.41, 5.74) is 0. The second-order valence-corrected chi connectivity index (χ2v) is 10.9. The third kappa shape index (κ3) is 8.99. The summed E-state index contributed by atoms with van der Waals surface area (Å²) in [5, 5.41) is 0. The molecule has 0 bridgehead atoms. The van der Waals surface area contributed by atoms with Gasteiger partial charge in [0.05, 0.1) is 25.2 Å². The maximum absolute atomic E-state index is 12.7. The fourth-order valence-electron chi connectivity index (χ4n) is 4.21. The van der Waals surface area contributed by atoms with Crippen molar-refractivity contribution in [2.24, 2.45) is 11.8 Å². The van der Waals surface area contributed by atoms with Crippen LogP contribution in [0.2, 0.25) is 0 Å². The van der Waals surface area contributed by atoms with E-state index in [-0.39, 0.29) is 0 Å². The highest BCUT2D eigenvalue weighted by Crippen LogP contribution is 2.51. The largest absolute Gasteiger partial charge is 0.469 e. The predicted octanol–water partition coefficient (Wildman–Crippen LogP) is 4.80. The van der Waals surface area contributed by atoms with Crippen molar-refractivity contribution < 1.29 is 63.8 Å². The highest BCUT2D eigenvalue weighted by atomic mass is 31.2. The lowest BCUT2D eigenvalue weighted by atomic mass is 9.85. The fourth-order valence-corrected chi connectivity index (χ4v) is 5.71. The summed E-state index contributed by atoms with van der Waals surface area (Å²) in [6, 6.07) is 0. The first kappa shape index (κ1) is 30.0. The molecule has 2 fully saturated rings. The molecule has 0 radical (unpaired) electrons. The first-order chi connectivity index (χ1) is 16.0. The number of ketones is 1. The van der Waals surface area contributed by atoms with E-state index < -0.39 is 87.3 Å². The molecular weight excluding hydrogens is 513 g/mol. The molecule has 1 saturated heterocycles. The Labute approximate surface area is 198 Å². The molecule has 0 unspecified atom stereocenters. The van der Waals surface area contributed by atoms with Crippen LogP contribution in [0.5, 0.6) is 0 Å². The van der Waals surface area contributed by atoms with Crippen LogP contribution in [-0.2, 0) is 37.4 Å². The summed E-state index contributed by atoms with van der Waals surface area (Å²) in [7, 11) is -3.89. The Hall–Kier alpha value is -1.21. The quantitative estimate of drug-likeness (QED) is 0.221. The molecule has 1 heterocycles. The van der Waals surface area contributed by atoms with Gasteiger partial charge in [0, 0.05) is 25.2 Å². The van der Waals surface area contributed by atoms with E-state index >= 15 is 0 Å². The number of alkyl halides is 6. The molecular formula is C20H29F6O8P. The van der Waals surface area contributed by atoms with E-state index in [1.165, 1.54) is 7.11 Å². The highest BCUT2D eigenvalue weighted by molar-refractivity contribution is 7.54. The van der Waals surface area contributed by atoms with Crippen LogP contribution < -0.4 is 0 Å². The highest BCUT2D eigenvalue weighted by Gasteiger charge is 2.51. The van der Waals surface area contributed by atoms with Crippen LogP contribution in [0, 0.1) is 11.8 Å². The zero-order valence-corrected chi connectivity index (χ0v) is 20.3. The average Bonchev–Trinajstić information content (AvgIpc) is 3.19. The molecule has 2 rings (SSSR count). The standard InChI is InChI=1S/C20H29F6O8P/c1-12-15(33-18(6-4-5-7-18)34-16(12)13(2)17(28)30-3)8-14(27)9-35(29,31-10-19(21,22)23)32-11-20(24,25)26/h12-13,15-16H,4-11H2,1-3H3/t12-,13+,15-,16-/m0/s1. The summed E-state index contributed by atoms with van der Waals surface area (Å²) in [6.07, 6.45) is -11.0. The summed E-state index contributed by atoms with van der Waals surface area (Å²) in [5.74, 6) is -3.97. The number of methoxy groups -OCH3 is 1. The first-order valence-corrected chi connectivity index (χ1v) is 12.7. The Balaban J connectivity index is 2.18. The van der Waals surface area contributed by atoms with Gasteiger partial charge in [-0.3, -0.25) is 23.2 Å². The normalized spacial score (nSPS) is 26.0. The van der Waals surface area contributed by atoms with Crippen molar-refractivity contribution in [3.8, 4) is 0 Å². The number of Topliss-reactive ketones (excluding diaryl/α,β-unsaturated/α-hetero) is 1. The Kier molecular flexibility index (Phi) is 9.82. The topological polar surface area (TPSA) is 97.4 Å². The lowest BCUT2D eigenvalue weighted by Gasteiger charge is -2.47. The zero-order chi connectivity index (χ0) is 26.7. The molecule has 1 aliphatic heterocycles. The summed E-state index contributed by atoms with van der Waals surface area (Å²) in [4.78, 5) is 24.8. The van der Waals surface area contributed by atoms with Crippen LogP contribution in [0.15, 0.2) is 0 Å². The molecule has 0 N–H and O–H groups in total. The van der Waals surface area contributed by atoms with Gasteiger partial charge in [-0.2, -0.15) is 26.3 Å². The van der Waals surface area contributed by atoms with Crippen molar-refractivity contribution in [2.45, 2.75) is 76.3 Å². The molecule has 204 valence electrons. The van der Waals surface area contributed by atoms with Gasteiger partial charge in [0.25, 0.3) is 0 Å². The molecule has 1 spiro atoms. The lowest BCUT2D eigenvalue weighted by Crippen LogP contribution is -2.55. The lowest BCUT2D eigenvalue weighted by molar-refractivity contribution is -0.338. The van der Waals surface area contributed by atoms with E-state index in [4.69, 9.17) is 14.2 Å². The van der Waals surface area contributed by atoms with E-state index in [9.17, 15) is 40.5 Å². The first-order valence-electron chi connectivity index (χ1n) is 10.9. The van der Waals surface area contributed by atoms with E-state index in [1.807, 2.05) is 0 Å². The second-order valence-electron chi connectivity index (χ2n) is 8.82. The second kappa shape index (κ2) is 11.5. The molecule has 1 aliphatic carbocycles. The van der Waals surface area contributed by atoms with Crippen molar-refractivity contribution >= 4 is 19.3 Å². The van der Waals surface area contributed by atoms with Crippen molar-refractivity contribution in [1.82, 2.24) is 0 Å². The molecule has 2 aliphatic rings. The van der Waals surface area contributed by atoms with Gasteiger partial charge in [0.2, 0.25) is 0 Å². The van der Waals surface area contributed by atoms with Crippen molar-refractivity contribution in [1.29, 1.82) is 0 Å². The van der Waals surface area contributed by atoms with Gasteiger partial charge in [-0.15, -0.1) is 0 Å². The zero-order valence-electron chi connectivity index (χ0n) is 19.4. The molecule has 0 aromatic heterocycles.